The third-order valence-corrected chi connectivity index (χ3v) is 4.59. The van der Waals surface area contributed by atoms with E-state index in [0.717, 1.165) is 5.25 Å². The zero-order valence-electron chi connectivity index (χ0n) is 10.8. The molecule has 2 atom stereocenters. The first kappa shape index (κ1) is 13.4. The van der Waals surface area contributed by atoms with Crippen molar-refractivity contribution >= 4 is 11.8 Å². The predicted octanol–water partition coefficient (Wildman–Crippen LogP) is 3.69. The number of rotatable bonds is 4. The molecule has 1 aliphatic heterocycles. The van der Waals surface area contributed by atoms with Crippen LogP contribution in [0.2, 0.25) is 0 Å². The molecule has 1 fully saturated rings. The maximum Gasteiger partial charge on any atom is 0.0234 e. The molecule has 0 saturated carbocycles. The van der Waals surface area contributed by atoms with Crippen LogP contribution in [0.1, 0.15) is 53.4 Å². The summed E-state index contributed by atoms with van der Waals surface area (Å²) in [6, 6.07) is 0.683. The third kappa shape index (κ3) is 4.36. The summed E-state index contributed by atoms with van der Waals surface area (Å²) in [5.74, 6) is 1.37. The fourth-order valence-corrected chi connectivity index (χ4v) is 4.03. The smallest absolute Gasteiger partial charge is 0.0234 e. The first-order valence-electron chi connectivity index (χ1n) is 6.40. The molecule has 15 heavy (non-hydrogen) atoms. The summed E-state index contributed by atoms with van der Waals surface area (Å²) in [7, 11) is 0. The minimum absolute atomic E-state index is 0.393. The van der Waals surface area contributed by atoms with Gasteiger partial charge in [-0.05, 0) is 37.0 Å². The minimum Gasteiger partial charge on any atom is -0.312 e. The SMILES string of the molecule is CCCNC(C1CCCCS1)C(C)(C)C. The maximum absolute atomic E-state index is 3.76. The zero-order valence-corrected chi connectivity index (χ0v) is 11.6. The van der Waals surface area contributed by atoms with E-state index in [0.29, 0.717) is 11.5 Å². The van der Waals surface area contributed by atoms with Gasteiger partial charge in [-0.15, -0.1) is 0 Å². The van der Waals surface area contributed by atoms with E-state index in [4.69, 9.17) is 0 Å². The van der Waals surface area contributed by atoms with Crippen LogP contribution in [-0.2, 0) is 0 Å². The first-order chi connectivity index (χ1) is 7.05. The fraction of sp³-hybridized carbons (Fsp3) is 1.00. The number of hydrogen-bond donors (Lipinski definition) is 1. The van der Waals surface area contributed by atoms with Gasteiger partial charge in [-0.1, -0.05) is 34.1 Å². The number of hydrogen-bond acceptors (Lipinski definition) is 2. The van der Waals surface area contributed by atoms with Crippen LogP contribution in [-0.4, -0.2) is 23.6 Å². The lowest BCUT2D eigenvalue weighted by atomic mass is 9.83. The lowest BCUT2D eigenvalue weighted by molar-refractivity contribution is 0.254. The van der Waals surface area contributed by atoms with Gasteiger partial charge >= 0.3 is 0 Å². The Morgan fingerprint density at radius 3 is 2.53 bits per heavy atom. The summed E-state index contributed by atoms with van der Waals surface area (Å²) in [4.78, 5) is 0. The molecule has 0 aromatic carbocycles. The van der Waals surface area contributed by atoms with Gasteiger partial charge in [-0.25, -0.2) is 0 Å². The van der Waals surface area contributed by atoms with Crippen molar-refractivity contribution in [3.8, 4) is 0 Å². The summed E-state index contributed by atoms with van der Waals surface area (Å²) < 4.78 is 0. The van der Waals surface area contributed by atoms with Gasteiger partial charge in [0.2, 0.25) is 0 Å². The molecule has 0 aliphatic carbocycles. The van der Waals surface area contributed by atoms with Gasteiger partial charge < -0.3 is 5.32 Å². The van der Waals surface area contributed by atoms with Crippen LogP contribution in [0, 0.1) is 5.41 Å². The Morgan fingerprint density at radius 1 is 1.33 bits per heavy atom. The molecule has 0 bridgehead atoms. The van der Waals surface area contributed by atoms with E-state index < -0.39 is 0 Å². The number of thioether (sulfide) groups is 1. The van der Waals surface area contributed by atoms with Crippen LogP contribution in [0.25, 0.3) is 0 Å². The molecule has 1 saturated heterocycles. The lowest BCUT2D eigenvalue weighted by Gasteiger charge is -2.39. The molecule has 0 radical (unpaired) electrons. The van der Waals surface area contributed by atoms with Gasteiger partial charge in [0.1, 0.15) is 0 Å². The highest BCUT2D eigenvalue weighted by Crippen LogP contribution is 2.34. The highest BCUT2D eigenvalue weighted by atomic mass is 32.2. The Balaban J connectivity index is 2.53. The normalized spacial score (nSPS) is 25.2. The Morgan fingerprint density at radius 2 is 2.07 bits per heavy atom. The Hall–Kier alpha value is 0.310. The quantitative estimate of drug-likeness (QED) is 0.789. The summed E-state index contributed by atoms with van der Waals surface area (Å²) in [6.07, 6.45) is 5.50. The monoisotopic (exact) mass is 229 g/mol. The highest BCUT2D eigenvalue weighted by molar-refractivity contribution is 8.00. The minimum atomic E-state index is 0.393. The molecular formula is C13H27NS. The first-order valence-corrected chi connectivity index (χ1v) is 7.45. The van der Waals surface area contributed by atoms with Crippen LogP contribution in [0.15, 0.2) is 0 Å². The molecule has 0 amide bonds. The standard InChI is InChI=1S/C13H27NS/c1-5-9-14-12(13(2,3)4)11-8-6-7-10-15-11/h11-12,14H,5-10H2,1-4H3. The molecule has 90 valence electrons. The lowest BCUT2D eigenvalue weighted by Crippen LogP contribution is -2.48. The van der Waals surface area contributed by atoms with Gasteiger partial charge in [0.25, 0.3) is 0 Å². The molecule has 0 aromatic rings. The summed E-state index contributed by atoms with van der Waals surface area (Å²) in [5, 5.41) is 4.60. The fourth-order valence-electron chi connectivity index (χ4n) is 2.32. The van der Waals surface area contributed by atoms with E-state index in [2.05, 4.69) is 44.8 Å². The molecule has 1 N–H and O–H groups in total. The second-order valence-electron chi connectivity index (χ2n) is 5.70. The van der Waals surface area contributed by atoms with E-state index in [1.54, 1.807) is 0 Å². The topological polar surface area (TPSA) is 12.0 Å². The second-order valence-corrected chi connectivity index (χ2v) is 7.05. The predicted molar refractivity (Wildman–Crippen MR) is 71.6 cm³/mol. The summed E-state index contributed by atoms with van der Waals surface area (Å²) >= 11 is 2.19. The molecule has 1 rings (SSSR count). The Bertz CT molecular complexity index is 168. The average Bonchev–Trinajstić information content (AvgIpc) is 2.18. The maximum atomic E-state index is 3.76. The highest BCUT2D eigenvalue weighted by Gasteiger charge is 2.32. The van der Waals surface area contributed by atoms with Gasteiger partial charge in [0.15, 0.2) is 0 Å². The molecule has 1 nitrogen and oxygen atoms in total. The van der Waals surface area contributed by atoms with Crippen molar-refractivity contribution in [2.75, 3.05) is 12.3 Å². The average molecular weight is 229 g/mol. The van der Waals surface area contributed by atoms with Crippen molar-refractivity contribution in [3.05, 3.63) is 0 Å². The van der Waals surface area contributed by atoms with Crippen molar-refractivity contribution in [2.45, 2.75) is 64.7 Å². The van der Waals surface area contributed by atoms with Crippen LogP contribution in [0.3, 0.4) is 0 Å². The van der Waals surface area contributed by atoms with Crippen molar-refractivity contribution in [2.24, 2.45) is 5.41 Å². The molecule has 2 heteroatoms. The third-order valence-electron chi connectivity index (χ3n) is 3.13. The summed E-state index contributed by atoms with van der Waals surface area (Å²) in [6.45, 7) is 10.5. The van der Waals surface area contributed by atoms with Crippen molar-refractivity contribution < 1.29 is 0 Å². The van der Waals surface area contributed by atoms with Crippen LogP contribution >= 0.6 is 11.8 Å². The van der Waals surface area contributed by atoms with Gasteiger partial charge in [0, 0.05) is 11.3 Å². The number of nitrogens with one attached hydrogen (secondary N) is 1. The van der Waals surface area contributed by atoms with E-state index in [9.17, 15) is 0 Å². The second kappa shape index (κ2) is 6.15. The van der Waals surface area contributed by atoms with Crippen molar-refractivity contribution in [1.82, 2.24) is 5.32 Å². The van der Waals surface area contributed by atoms with E-state index in [1.807, 2.05) is 0 Å². The molecule has 1 aliphatic rings. The Kier molecular flexibility index (Phi) is 5.48. The van der Waals surface area contributed by atoms with Crippen LogP contribution in [0.5, 0.6) is 0 Å². The van der Waals surface area contributed by atoms with Crippen LogP contribution < -0.4 is 5.32 Å². The van der Waals surface area contributed by atoms with Gasteiger partial charge in [-0.2, -0.15) is 11.8 Å². The van der Waals surface area contributed by atoms with Crippen molar-refractivity contribution in [3.63, 3.8) is 0 Å². The van der Waals surface area contributed by atoms with Crippen LogP contribution in [0.4, 0.5) is 0 Å². The molecule has 0 aromatic heterocycles. The summed E-state index contributed by atoms with van der Waals surface area (Å²) in [5.41, 5.74) is 0.393. The van der Waals surface area contributed by atoms with Gasteiger partial charge in [0.05, 0.1) is 0 Å². The molecule has 0 spiro atoms. The zero-order chi connectivity index (χ0) is 11.3. The van der Waals surface area contributed by atoms with E-state index in [-0.39, 0.29) is 0 Å². The molecule has 2 unspecified atom stereocenters. The molecule has 1 heterocycles. The molecular weight excluding hydrogens is 202 g/mol. The largest absolute Gasteiger partial charge is 0.312 e. The van der Waals surface area contributed by atoms with Gasteiger partial charge in [-0.3, -0.25) is 0 Å². The van der Waals surface area contributed by atoms with E-state index in [1.165, 1.54) is 38.0 Å². The Labute approximate surface area is 99.8 Å². The van der Waals surface area contributed by atoms with E-state index >= 15 is 0 Å². The van der Waals surface area contributed by atoms with Crippen molar-refractivity contribution in [1.29, 1.82) is 0 Å².